The molecule has 1 unspecified atom stereocenters. The predicted octanol–water partition coefficient (Wildman–Crippen LogP) is 4.26. The molecule has 174 valence electrons. The van der Waals surface area contributed by atoms with Crippen LogP contribution in [0.2, 0.25) is 0 Å². The molecular formula is C21H20F4N6O2. The Bertz CT molecular complexity index is 1310. The van der Waals surface area contributed by atoms with E-state index in [-0.39, 0.29) is 33.6 Å². The second-order valence-electron chi connectivity index (χ2n) is 7.70. The number of imidazole rings is 1. The van der Waals surface area contributed by atoms with E-state index in [1.54, 1.807) is 0 Å². The summed E-state index contributed by atoms with van der Waals surface area (Å²) in [5.41, 5.74) is -2.14. The molecule has 1 amide bonds. The van der Waals surface area contributed by atoms with Gasteiger partial charge in [-0.25, -0.2) is 9.37 Å². The van der Waals surface area contributed by atoms with E-state index in [1.165, 1.54) is 49.2 Å². The number of halogens is 4. The van der Waals surface area contributed by atoms with Gasteiger partial charge in [0.25, 0.3) is 0 Å². The van der Waals surface area contributed by atoms with Gasteiger partial charge in [-0.2, -0.15) is 18.3 Å². The zero-order chi connectivity index (χ0) is 23.8. The van der Waals surface area contributed by atoms with Crippen LogP contribution in [-0.2, 0) is 11.0 Å². The van der Waals surface area contributed by atoms with Gasteiger partial charge in [0.05, 0.1) is 29.8 Å². The molecule has 33 heavy (non-hydrogen) atoms. The molecule has 1 fully saturated rings. The lowest BCUT2D eigenvalue weighted by atomic mass is 9.90. The third-order valence-electron chi connectivity index (χ3n) is 5.09. The van der Waals surface area contributed by atoms with E-state index in [2.05, 4.69) is 25.5 Å². The van der Waals surface area contributed by atoms with E-state index in [1.807, 2.05) is 0 Å². The van der Waals surface area contributed by atoms with Gasteiger partial charge in [0, 0.05) is 35.2 Å². The number of rotatable bonds is 5. The topological polar surface area (TPSA) is 108 Å². The van der Waals surface area contributed by atoms with Crippen LogP contribution in [0, 0.1) is 5.82 Å². The van der Waals surface area contributed by atoms with Crippen LogP contribution in [0.5, 0.6) is 0 Å². The highest BCUT2D eigenvalue weighted by Crippen LogP contribution is 2.45. The fraction of sp³-hybridized carbons (Fsp3) is 0.333. The maximum Gasteiger partial charge on any atom is 0.419 e. The normalized spacial score (nSPS) is 14.1. The van der Waals surface area contributed by atoms with Crippen molar-refractivity contribution in [3.63, 3.8) is 0 Å². The smallest absolute Gasteiger partial charge is 0.396 e. The monoisotopic (exact) mass is 464 g/mol. The van der Waals surface area contributed by atoms with Crippen LogP contribution in [0.1, 0.15) is 43.2 Å². The summed E-state index contributed by atoms with van der Waals surface area (Å²) in [7, 11) is 0. The summed E-state index contributed by atoms with van der Waals surface area (Å²) in [4.78, 5) is 18.7. The van der Waals surface area contributed by atoms with E-state index >= 15 is 4.39 Å². The van der Waals surface area contributed by atoms with Crippen LogP contribution in [-0.4, -0.2) is 42.7 Å². The molecule has 0 bridgehead atoms. The van der Waals surface area contributed by atoms with Crippen molar-refractivity contribution < 1.29 is 27.5 Å². The SMILES string of the molecule is C1CC1.CC(CO)c1c(F)c(C(F)(F)F)c(-c2cn3cc(NC=O)nc3cn2)c2cn[nH]c12. The Morgan fingerprint density at radius 2 is 2.00 bits per heavy atom. The number of aliphatic hydroxyl groups is 1. The van der Waals surface area contributed by atoms with Crippen LogP contribution in [0.4, 0.5) is 23.4 Å². The number of anilines is 1. The van der Waals surface area contributed by atoms with E-state index in [0.717, 1.165) is 6.20 Å². The molecule has 1 saturated carbocycles. The zero-order valence-electron chi connectivity index (χ0n) is 17.4. The van der Waals surface area contributed by atoms with E-state index in [9.17, 15) is 23.1 Å². The maximum atomic E-state index is 15.2. The summed E-state index contributed by atoms with van der Waals surface area (Å²) < 4.78 is 58.5. The first-order valence-electron chi connectivity index (χ1n) is 10.2. The Balaban J connectivity index is 0.000000799. The molecule has 0 aliphatic heterocycles. The summed E-state index contributed by atoms with van der Waals surface area (Å²) >= 11 is 0. The van der Waals surface area contributed by atoms with Crippen LogP contribution >= 0.6 is 0 Å². The number of aliphatic hydroxyl groups excluding tert-OH is 1. The lowest BCUT2D eigenvalue weighted by Gasteiger charge is -2.20. The van der Waals surface area contributed by atoms with Crippen molar-refractivity contribution in [1.29, 1.82) is 0 Å². The number of fused-ring (bicyclic) bond motifs is 2. The number of carbonyl (C=O) groups is 1. The van der Waals surface area contributed by atoms with Gasteiger partial charge in [-0.05, 0) is 0 Å². The number of nitrogens with one attached hydrogen (secondary N) is 2. The molecule has 8 nitrogen and oxygen atoms in total. The average molecular weight is 464 g/mol. The molecule has 3 heterocycles. The van der Waals surface area contributed by atoms with Crippen molar-refractivity contribution in [3.05, 3.63) is 41.7 Å². The summed E-state index contributed by atoms with van der Waals surface area (Å²) in [6, 6.07) is 0. The number of alkyl halides is 3. The number of benzene rings is 1. The third kappa shape index (κ3) is 4.38. The van der Waals surface area contributed by atoms with Gasteiger partial charge in [0.2, 0.25) is 6.41 Å². The second-order valence-corrected chi connectivity index (χ2v) is 7.70. The number of aromatic amines is 1. The fourth-order valence-electron chi connectivity index (χ4n) is 3.41. The zero-order valence-corrected chi connectivity index (χ0v) is 17.4. The van der Waals surface area contributed by atoms with Crippen LogP contribution in [0.3, 0.4) is 0 Å². The molecule has 1 aromatic carbocycles. The Kier molecular flexibility index (Phi) is 6.02. The first-order valence-corrected chi connectivity index (χ1v) is 10.2. The summed E-state index contributed by atoms with van der Waals surface area (Å²) in [6.45, 7) is 0.864. The Labute approximate surface area is 184 Å². The summed E-state index contributed by atoms with van der Waals surface area (Å²) in [6.07, 6.45) is 4.87. The van der Waals surface area contributed by atoms with Crippen molar-refractivity contribution in [3.8, 4) is 11.3 Å². The van der Waals surface area contributed by atoms with E-state index in [4.69, 9.17) is 0 Å². The number of hydrogen-bond donors (Lipinski definition) is 3. The fourth-order valence-corrected chi connectivity index (χ4v) is 3.41. The third-order valence-corrected chi connectivity index (χ3v) is 5.09. The molecule has 3 N–H and O–H groups in total. The maximum absolute atomic E-state index is 15.2. The minimum Gasteiger partial charge on any atom is -0.396 e. The van der Waals surface area contributed by atoms with Crippen molar-refractivity contribution in [2.24, 2.45) is 0 Å². The molecule has 5 rings (SSSR count). The molecule has 4 aromatic rings. The van der Waals surface area contributed by atoms with Gasteiger partial charge >= 0.3 is 6.18 Å². The summed E-state index contributed by atoms with van der Waals surface area (Å²) in [5, 5.41) is 18.1. The molecule has 1 aliphatic rings. The number of carbonyl (C=O) groups excluding carboxylic acids is 1. The first kappa shape index (κ1) is 22.6. The van der Waals surface area contributed by atoms with E-state index < -0.39 is 35.6 Å². The molecule has 1 atom stereocenters. The number of nitrogens with zero attached hydrogens (tertiary/aromatic N) is 4. The number of aromatic nitrogens is 5. The van der Waals surface area contributed by atoms with Gasteiger partial charge in [0.1, 0.15) is 11.4 Å². The number of amides is 1. The molecule has 12 heteroatoms. The minimum absolute atomic E-state index is 0.0113. The quantitative estimate of drug-likeness (QED) is 0.302. The lowest BCUT2D eigenvalue weighted by molar-refractivity contribution is -0.139. The summed E-state index contributed by atoms with van der Waals surface area (Å²) in [5.74, 6) is -2.22. The van der Waals surface area contributed by atoms with Crippen molar-refractivity contribution in [1.82, 2.24) is 24.6 Å². The van der Waals surface area contributed by atoms with Gasteiger partial charge in [0.15, 0.2) is 11.5 Å². The number of hydrogen-bond acceptors (Lipinski definition) is 5. The van der Waals surface area contributed by atoms with Crippen molar-refractivity contribution in [2.75, 3.05) is 11.9 Å². The standard InChI is InChI=1S/C18H14F4N6O2.C3H6/c1-8(6-29)13-16(19)15(18(20,21)22)14(9-2-25-27-17(9)13)10-4-28-5-11(24-7-30)26-12(28)3-23-10;1-2-3-1/h2-5,7-8,29H,6H2,1H3,(H,24,30)(H,25,27);1-3H2. The lowest BCUT2D eigenvalue weighted by Crippen LogP contribution is -2.15. The molecular weight excluding hydrogens is 444 g/mol. The molecule has 0 saturated heterocycles. The largest absolute Gasteiger partial charge is 0.419 e. The highest BCUT2D eigenvalue weighted by Gasteiger charge is 2.41. The van der Waals surface area contributed by atoms with Crippen LogP contribution < -0.4 is 5.32 Å². The highest BCUT2D eigenvalue weighted by atomic mass is 19.4. The average Bonchev–Trinajstić information content (AvgIpc) is 3.48. The van der Waals surface area contributed by atoms with Gasteiger partial charge in [-0.15, -0.1) is 0 Å². The van der Waals surface area contributed by atoms with E-state index in [0.29, 0.717) is 6.41 Å². The van der Waals surface area contributed by atoms with Gasteiger partial charge in [-0.1, -0.05) is 26.2 Å². The van der Waals surface area contributed by atoms with Gasteiger partial charge in [-0.3, -0.25) is 14.9 Å². The molecule has 3 aromatic heterocycles. The molecule has 0 radical (unpaired) electrons. The number of H-pyrrole nitrogens is 1. The Hall–Kier alpha value is -3.54. The minimum atomic E-state index is -5.04. The molecule has 0 spiro atoms. The van der Waals surface area contributed by atoms with Gasteiger partial charge < -0.3 is 14.8 Å². The molecule has 1 aliphatic carbocycles. The first-order chi connectivity index (χ1) is 15.8. The van der Waals surface area contributed by atoms with Crippen molar-refractivity contribution >= 4 is 28.8 Å². The van der Waals surface area contributed by atoms with Crippen LogP contribution in [0.15, 0.2) is 24.8 Å². The second kappa shape index (κ2) is 8.77. The Morgan fingerprint density at radius 1 is 1.27 bits per heavy atom. The Morgan fingerprint density at radius 3 is 2.61 bits per heavy atom. The van der Waals surface area contributed by atoms with Crippen LogP contribution in [0.25, 0.3) is 27.8 Å². The predicted molar refractivity (Wildman–Crippen MR) is 112 cm³/mol. The van der Waals surface area contributed by atoms with Crippen molar-refractivity contribution in [2.45, 2.75) is 38.3 Å². The highest BCUT2D eigenvalue weighted by molar-refractivity contribution is 5.98.